The molecule has 28 heavy (non-hydrogen) atoms. The first-order valence-corrected chi connectivity index (χ1v) is 9.98. The summed E-state index contributed by atoms with van der Waals surface area (Å²) in [7, 11) is 3.78. The molecule has 0 saturated carbocycles. The van der Waals surface area contributed by atoms with E-state index in [4.69, 9.17) is 18.9 Å². The van der Waals surface area contributed by atoms with Crippen LogP contribution in [0.15, 0.2) is 11.2 Å². The third kappa shape index (κ3) is 3.42. The number of nitrogens with zero attached hydrogens (tertiary/aromatic N) is 2. The highest BCUT2D eigenvalue weighted by Crippen LogP contribution is 2.50. The highest BCUT2D eigenvalue weighted by Gasteiger charge is 2.37. The number of likely N-dealkylation sites (N-methyl/N-ethyl adjacent to an activating group) is 1. The van der Waals surface area contributed by atoms with Gasteiger partial charge in [0, 0.05) is 37.1 Å². The van der Waals surface area contributed by atoms with Crippen LogP contribution in [0.2, 0.25) is 0 Å². The molecule has 1 fully saturated rings. The predicted molar refractivity (Wildman–Crippen MR) is 105 cm³/mol. The minimum Gasteiger partial charge on any atom is -0.492 e. The third-order valence-corrected chi connectivity index (χ3v) is 6.25. The second-order valence-electron chi connectivity index (χ2n) is 8.56. The van der Waals surface area contributed by atoms with E-state index in [2.05, 4.69) is 37.0 Å². The van der Waals surface area contributed by atoms with E-state index >= 15 is 0 Å². The van der Waals surface area contributed by atoms with Crippen molar-refractivity contribution in [3.8, 4) is 17.2 Å². The number of rotatable bonds is 4. The molecule has 3 aliphatic rings. The molecule has 0 aliphatic carbocycles. The Hall–Kier alpha value is -1.99. The van der Waals surface area contributed by atoms with Crippen molar-refractivity contribution < 1.29 is 24.2 Å². The van der Waals surface area contributed by atoms with E-state index < -0.39 is 0 Å². The van der Waals surface area contributed by atoms with E-state index in [1.54, 1.807) is 7.11 Å². The lowest BCUT2D eigenvalue weighted by atomic mass is 9.80. The molecule has 154 valence electrons. The van der Waals surface area contributed by atoms with Crippen molar-refractivity contribution in [1.82, 2.24) is 4.90 Å². The van der Waals surface area contributed by atoms with Crippen molar-refractivity contribution in [2.45, 2.75) is 51.2 Å². The summed E-state index contributed by atoms with van der Waals surface area (Å²) < 4.78 is 22.9. The number of benzene rings is 1. The molecule has 1 N–H and O–H groups in total. The fourth-order valence-corrected chi connectivity index (χ4v) is 4.79. The van der Waals surface area contributed by atoms with Crippen molar-refractivity contribution >= 4 is 5.71 Å². The topological polar surface area (TPSA) is 72.8 Å². The van der Waals surface area contributed by atoms with Gasteiger partial charge >= 0.3 is 0 Å². The number of hydrogen-bond acceptors (Lipinski definition) is 7. The summed E-state index contributed by atoms with van der Waals surface area (Å²) in [5.74, 6) is 2.39. The fourth-order valence-electron chi connectivity index (χ4n) is 4.79. The lowest BCUT2D eigenvalue weighted by Crippen LogP contribution is -2.39. The minimum absolute atomic E-state index is 0.0602. The Balaban J connectivity index is 1.67. The van der Waals surface area contributed by atoms with Gasteiger partial charge in [0.1, 0.15) is 0 Å². The molecular weight excluding hydrogens is 360 g/mol. The minimum atomic E-state index is -0.196. The third-order valence-electron chi connectivity index (χ3n) is 6.25. The maximum atomic E-state index is 9.85. The van der Waals surface area contributed by atoms with Gasteiger partial charge in [0.15, 0.2) is 11.5 Å². The van der Waals surface area contributed by atoms with Crippen molar-refractivity contribution in [2.75, 3.05) is 34.1 Å². The lowest BCUT2D eigenvalue weighted by molar-refractivity contribution is -0.0622. The van der Waals surface area contributed by atoms with Crippen LogP contribution < -0.4 is 14.2 Å². The summed E-state index contributed by atoms with van der Waals surface area (Å²) in [6.07, 6.45) is 3.31. The SMILES string of the molecule is COc1c2c(cc3c1C(CC(=NO)C1CCOC(C)(C)C1)N(C)CC3)OCO2. The largest absolute Gasteiger partial charge is 0.492 e. The Morgan fingerprint density at radius 1 is 1.39 bits per heavy atom. The van der Waals surface area contributed by atoms with E-state index in [-0.39, 0.29) is 24.4 Å². The predicted octanol–water partition coefficient (Wildman–Crippen LogP) is 3.38. The van der Waals surface area contributed by atoms with Crippen molar-refractivity contribution in [3.05, 3.63) is 17.2 Å². The Labute approximate surface area is 166 Å². The maximum absolute atomic E-state index is 9.85. The molecule has 0 spiro atoms. The molecule has 7 heteroatoms. The zero-order valence-corrected chi connectivity index (χ0v) is 17.2. The number of hydrogen-bond donors (Lipinski definition) is 1. The average molecular weight is 390 g/mol. The van der Waals surface area contributed by atoms with E-state index in [0.717, 1.165) is 48.6 Å². The van der Waals surface area contributed by atoms with Gasteiger partial charge in [-0.3, -0.25) is 4.90 Å². The van der Waals surface area contributed by atoms with Crippen LogP contribution in [-0.4, -0.2) is 55.5 Å². The molecule has 3 aliphatic heterocycles. The first-order chi connectivity index (χ1) is 13.4. The summed E-state index contributed by atoms with van der Waals surface area (Å²) >= 11 is 0. The van der Waals surface area contributed by atoms with Gasteiger partial charge in [-0.2, -0.15) is 0 Å². The first-order valence-electron chi connectivity index (χ1n) is 9.98. The Morgan fingerprint density at radius 2 is 2.21 bits per heavy atom. The molecule has 0 radical (unpaired) electrons. The molecule has 2 unspecified atom stereocenters. The smallest absolute Gasteiger partial charge is 0.231 e. The monoisotopic (exact) mass is 390 g/mol. The fraction of sp³-hybridized carbons (Fsp3) is 0.667. The molecule has 1 aromatic carbocycles. The molecule has 1 saturated heterocycles. The van der Waals surface area contributed by atoms with Crippen LogP contribution in [-0.2, 0) is 11.2 Å². The normalized spacial score (nSPS) is 26.8. The van der Waals surface area contributed by atoms with Crippen molar-refractivity contribution in [1.29, 1.82) is 0 Å². The van der Waals surface area contributed by atoms with Gasteiger partial charge in [-0.05, 0) is 51.8 Å². The van der Waals surface area contributed by atoms with E-state index in [0.29, 0.717) is 18.8 Å². The second-order valence-corrected chi connectivity index (χ2v) is 8.56. The quantitative estimate of drug-likeness (QED) is 0.483. The number of ether oxygens (including phenoxy) is 4. The Kier molecular flexibility index (Phi) is 5.14. The van der Waals surface area contributed by atoms with Crippen molar-refractivity contribution in [2.24, 2.45) is 11.1 Å². The highest BCUT2D eigenvalue weighted by atomic mass is 16.7. The summed E-state index contributed by atoms with van der Waals surface area (Å²) in [5, 5.41) is 13.6. The van der Waals surface area contributed by atoms with Gasteiger partial charge in [-0.15, -0.1) is 0 Å². The maximum Gasteiger partial charge on any atom is 0.231 e. The molecule has 3 heterocycles. The number of methoxy groups -OCH3 is 1. The second kappa shape index (κ2) is 7.44. The number of fused-ring (bicyclic) bond motifs is 2. The van der Waals surface area contributed by atoms with Crippen LogP contribution in [0.1, 0.15) is 50.3 Å². The summed E-state index contributed by atoms with van der Waals surface area (Å²) in [5.41, 5.74) is 2.97. The highest BCUT2D eigenvalue weighted by molar-refractivity contribution is 5.87. The molecule has 0 amide bonds. The Morgan fingerprint density at radius 3 is 2.93 bits per heavy atom. The molecule has 7 nitrogen and oxygen atoms in total. The van der Waals surface area contributed by atoms with Crippen LogP contribution in [0.5, 0.6) is 17.2 Å². The molecule has 1 aromatic rings. The van der Waals surface area contributed by atoms with Crippen LogP contribution in [0, 0.1) is 5.92 Å². The van der Waals surface area contributed by atoms with E-state index in [1.165, 1.54) is 5.56 Å². The van der Waals surface area contributed by atoms with Gasteiger partial charge < -0.3 is 24.2 Å². The van der Waals surface area contributed by atoms with Crippen LogP contribution in [0.3, 0.4) is 0 Å². The van der Waals surface area contributed by atoms with Crippen LogP contribution in [0.4, 0.5) is 0 Å². The summed E-state index contributed by atoms with van der Waals surface area (Å²) in [4.78, 5) is 2.31. The molecule has 0 aromatic heterocycles. The Bertz CT molecular complexity index is 777. The van der Waals surface area contributed by atoms with E-state index in [9.17, 15) is 5.21 Å². The van der Waals surface area contributed by atoms with Gasteiger partial charge in [0.05, 0.1) is 18.4 Å². The van der Waals surface area contributed by atoms with Crippen LogP contribution in [0.25, 0.3) is 0 Å². The van der Waals surface area contributed by atoms with Gasteiger partial charge in [-0.25, -0.2) is 0 Å². The molecule has 0 bridgehead atoms. The molecule has 2 atom stereocenters. The van der Waals surface area contributed by atoms with Gasteiger partial charge in [-0.1, -0.05) is 5.16 Å². The molecule has 4 rings (SSSR count). The standard InChI is InChI=1S/C21H30N2O5/c1-21(2)11-14(6-8-28-21)15(22-24)10-16-18-13(5-7-23(16)3)9-17-19(20(18)25-4)27-12-26-17/h9,14,16,24H,5-8,10-12H2,1-4H3. The van der Waals surface area contributed by atoms with Gasteiger partial charge in [0.2, 0.25) is 12.5 Å². The average Bonchev–Trinajstić information content (AvgIpc) is 3.13. The van der Waals surface area contributed by atoms with E-state index in [1.807, 2.05) is 0 Å². The first kappa shape index (κ1) is 19.3. The zero-order chi connectivity index (χ0) is 19.9. The summed E-state index contributed by atoms with van der Waals surface area (Å²) in [6.45, 7) is 6.03. The van der Waals surface area contributed by atoms with Gasteiger partial charge in [0.25, 0.3) is 0 Å². The number of oxime groups is 1. The van der Waals surface area contributed by atoms with Crippen molar-refractivity contribution in [3.63, 3.8) is 0 Å². The zero-order valence-electron chi connectivity index (χ0n) is 17.2. The molecular formula is C21H30N2O5. The van der Waals surface area contributed by atoms with Crippen LogP contribution >= 0.6 is 0 Å². The lowest BCUT2D eigenvalue weighted by Gasteiger charge is -2.39. The summed E-state index contributed by atoms with van der Waals surface area (Å²) in [6, 6.07) is 2.14.